The molecule has 9 heteroatoms. The molecule has 1 aliphatic heterocycles. The lowest BCUT2D eigenvalue weighted by atomic mass is 10.1. The molecule has 2 N–H and O–H groups in total. The summed E-state index contributed by atoms with van der Waals surface area (Å²) in [7, 11) is -3.85. The lowest BCUT2D eigenvalue weighted by molar-refractivity contribution is 0.0169. The minimum absolute atomic E-state index is 0.0458. The molecule has 2 aromatic carbocycles. The second-order valence-electron chi connectivity index (χ2n) is 8.34. The number of anilines is 1. The van der Waals surface area contributed by atoms with Gasteiger partial charge in [0.1, 0.15) is 0 Å². The Balaban J connectivity index is 1.50. The zero-order valence-corrected chi connectivity index (χ0v) is 20.9. The predicted molar refractivity (Wildman–Crippen MR) is 135 cm³/mol. The van der Waals surface area contributed by atoms with Gasteiger partial charge in [0.2, 0.25) is 0 Å². The largest absolute Gasteiger partial charge is 0.379 e. The summed E-state index contributed by atoms with van der Waals surface area (Å²) in [6.45, 7) is 6.99. The van der Waals surface area contributed by atoms with Crippen LogP contribution in [0.25, 0.3) is 0 Å². The van der Waals surface area contributed by atoms with Crippen molar-refractivity contribution in [2.24, 2.45) is 0 Å². The molecular formula is C25H29N3O4S2. The number of amides is 1. The summed E-state index contributed by atoms with van der Waals surface area (Å²) in [5.74, 6) is -0.304. The van der Waals surface area contributed by atoms with E-state index < -0.39 is 10.0 Å². The Bertz CT molecular complexity index is 1240. The zero-order chi connectivity index (χ0) is 24.1. The van der Waals surface area contributed by atoms with Crippen LogP contribution in [0.1, 0.15) is 32.4 Å². The first-order valence-corrected chi connectivity index (χ1v) is 13.5. The molecule has 0 radical (unpaired) electrons. The molecule has 1 aromatic heterocycles. The number of rotatable bonds is 8. The summed E-state index contributed by atoms with van der Waals surface area (Å²) >= 11 is 1.66. The number of carbonyl (C=O) groups is 1. The van der Waals surface area contributed by atoms with Gasteiger partial charge in [-0.1, -0.05) is 24.3 Å². The van der Waals surface area contributed by atoms with Gasteiger partial charge >= 0.3 is 0 Å². The molecule has 2 heterocycles. The Morgan fingerprint density at radius 1 is 1.09 bits per heavy atom. The van der Waals surface area contributed by atoms with Crippen LogP contribution in [0, 0.1) is 13.8 Å². The minimum Gasteiger partial charge on any atom is -0.379 e. The molecule has 180 valence electrons. The standard InChI is InChI=1S/C25H29N3O4S2/c1-18-5-3-6-21(15-18)27-34(30,31)24-16-20(9-8-19(24)2)25(29)26-17-22(23-7-4-14-33-23)28-10-12-32-13-11-28/h3-9,14-16,22,27H,10-13,17H2,1-2H3,(H,26,29). The summed E-state index contributed by atoms with van der Waals surface area (Å²) < 4.78 is 34.2. The molecule has 0 saturated carbocycles. The van der Waals surface area contributed by atoms with E-state index in [9.17, 15) is 13.2 Å². The van der Waals surface area contributed by atoms with Crippen molar-refractivity contribution in [2.75, 3.05) is 37.6 Å². The third kappa shape index (κ3) is 5.85. The van der Waals surface area contributed by atoms with Crippen molar-refractivity contribution in [2.45, 2.75) is 24.8 Å². The number of morpholine rings is 1. The number of aryl methyl sites for hydroxylation is 2. The first kappa shape index (κ1) is 24.4. The summed E-state index contributed by atoms with van der Waals surface area (Å²) in [6, 6.07) is 16.0. The highest BCUT2D eigenvalue weighted by Crippen LogP contribution is 2.26. The van der Waals surface area contributed by atoms with Crippen LogP contribution in [0.2, 0.25) is 0 Å². The Kier molecular flexibility index (Phi) is 7.67. The smallest absolute Gasteiger partial charge is 0.262 e. The monoisotopic (exact) mass is 499 g/mol. The first-order chi connectivity index (χ1) is 16.3. The van der Waals surface area contributed by atoms with E-state index in [4.69, 9.17) is 4.74 Å². The molecule has 1 saturated heterocycles. The number of sulfonamides is 1. The lowest BCUT2D eigenvalue weighted by Gasteiger charge is -2.34. The molecule has 1 aliphatic rings. The van der Waals surface area contributed by atoms with E-state index in [1.165, 1.54) is 10.9 Å². The molecule has 0 bridgehead atoms. The summed E-state index contributed by atoms with van der Waals surface area (Å²) in [6.07, 6.45) is 0. The van der Waals surface area contributed by atoms with Crippen molar-refractivity contribution in [3.63, 3.8) is 0 Å². The van der Waals surface area contributed by atoms with Gasteiger partial charge in [-0.15, -0.1) is 11.3 Å². The van der Waals surface area contributed by atoms with Gasteiger partial charge in [-0.2, -0.15) is 0 Å². The quantitative estimate of drug-likeness (QED) is 0.490. The highest BCUT2D eigenvalue weighted by atomic mass is 32.2. The number of thiophene rings is 1. The van der Waals surface area contributed by atoms with Crippen LogP contribution >= 0.6 is 11.3 Å². The SMILES string of the molecule is Cc1cccc(NS(=O)(=O)c2cc(C(=O)NCC(c3cccs3)N3CCOCC3)ccc2C)c1. The molecule has 3 aromatic rings. The van der Waals surface area contributed by atoms with Crippen LogP contribution in [0.3, 0.4) is 0 Å². The number of nitrogens with one attached hydrogen (secondary N) is 2. The maximum absolute atomic E-state index is 13.1. The van der Waals surface area contributed by atoms with E-state index in [0.717, 1.165) is 18.7 Å². The summed E-state index contributed by atoms with van der Waals surface area (Å²) in [4.78, 5) is 16.6. The van der Waals surface area contributed by atoms with Crippen molar-refractivity contribution in [3.05, 3.63) is 81.5 Å². The number of hydrogen-bond acceptors (Lipinski definition) is 6. The van der Waals surface area contributed by atoms with Gasteiger partial charge in [-0.3, -0.25) is 14.4 Å². The highest BCUT2D eigenvalue weighted by molar-refractivity contribution is 7.92. The van der Waals surface area contributed by atoms with Gasteiger partial charge in [0.15, 0.2) is 0 Å². The Morgan fingerprint density at radius 2 is 1.88 bits per heavy atom. The van der Waals surface area contributed by atoms with E-state index >= 15 is 0 Å². The number of ether oxygens (including phenoxy) is 1. The molecule has 0 spiro atoms. The van der Waals surface area contributed by atoms with Crippen molar-refractivity contribution < 1.29 is 17.9 Å². The Labute approximate surface area is 204 Å². The van der Waals surface area contributed by atoms with Crippen LogP contribution < -0.4 is 10.0 Å². The zero-order valence-electron chi connectivity index (χ0n) is 19.3. The van der Waals surface area contributed by atoms with Gasteiger partial charge in [-0.05, 0) is 60.7 Å². The van der Waals surface area contributed by atoms with E-state index in [1.54, 1.807) is 48.6 Å². The average molecular weight is 500 g/mol. The molecule has 7 nitrogen and oxygen atoms in total. The van der Waals surface area contributed by atoms with Gasteiger partial charge in [0.25, 0.3) is 15.9 Å². The number of hydrogen-bond donors (Lipinski definition) is 2. The van der Waals surface area contributed by atoms with E-state index in [1.807, 2.05) is 24.4 Å². The molecule has 1 amide bonds. The molecule has 4 rings (SSSR count). The molecule has 1 unspecified atom stereocenters. The number of carbonyl (C=O) groups excluding carboxylic acids is 1. The van der Waals surface area contributed by atoms with Crippen molar-refractivity contribution >= 4 is 33.0 Å². The van der Waals surface area contributed by atoms with Crippen LogP contribution in [0.4, 0.5) is 5.69 Å². The summed E-state index contributed by atoms with van der Waals surface area (Å²) in [5.41, 5.74) is 2.31. The fourth-order valence-electron chi connectivity index (χ4n) is 4.02. The topological polar surface area (TPSA) is 87.7 Å². The van der Waals surface area contributed by atoms with Crippen molar-refractivity contribution in [1.82, 2.24) is 10.2 Å². The predicted octanol–water partition coefficient (Wildman–Crippen LogP) is 3.97. The van der Waals surface area contributed by atoms with Gasteiger partial charge in [0, 0.05) is 35.8 Å². The molecule has 1 fully saturated rings. The Morgan fingerprint density at radius 3 is 2.59 bits per heavy atom. The average Bonchev–Trinajstić information content (AvgIpc) is 3.34. The van der Waals surface area contributed by atoms with Crippen molar-refractivity contribution in [1.29, 1.82) is 0 Å². The van der Waals surface area contributed by atoms with Crippen molar-refractivity contribution in [3.8, 4) is 0 Å². The maximum atomic E-state index is 13.1. The second kappa shape index (κ2) is 10.7. The highest BCUT2D eigenvalue weighted by Gasteiger charge is 2.25. The van der Waals surface area contributed by atoms with Crippen LogP contribution in [-0.4, -0.2) is 52.1 Å². The molecule has 34 heavy (non-hydrogen) atoms. The first-order valence-electron chi connectivity index (χ1n) is 11.2. The summed E-state index contributed by atoms with van der Waals surface area (Å²) in [5, 5.41) is 5.04. The van der Waals surface area contributed by atoms with Crippen LogP contribution in [0.5, 0.6) is 0 Å². The van der Waals surface area contributed by atoms with Gasteiger partial charge in [-0.25, -0.2) is 8.42 Å². The molecule has 1 atom stereocenters. The van der Waals surface area contributed by atoms with E-state index in [2.05, 4.69) is 21.0 Å². The van der Waals surface area contributed by atoms with Crippen LogP contribution in [-0.2, 0) is 14.8 Å². The van der Waals surface area contributed by atoms with Crippen LogP contribution in [0.15, 0.2) is 64.9 Å². The second-order valence-corrected chi connectivity index (χ2v) is 11.0. The third-order valence-electron chi connectivity index (χ3n) is 5.82. The fourth-order valence-corrected chi connectivity index (χ4v) is 6.20. The fraction of sp³-hybridized carbons (Fsp3) is 0.320. The molecular weight excluding hydrogens is 470 g/mol. The Hall–Kier alpha value is -2.72. The van der Waals surface area contributed by atoms with Gasteiger partial charge in [0.05, 0.1) is 24.2 Å². The van der Waals surface area contributed by atoms with E-state index in [0.29, 0.717) is 36.6 Å². The van der Waals surface area contributed by atoms with E-state index in [-0.39, 0.29) is 16.8 Å². The maximum Gasteiger partial charge on any atom is 0.262 e. The van der Waals surface area contributed by atoms with Gasteiger partial charge < -0.3 is 10.1 Å². The normalized spacial score (nSPS) is 15.6. The number of nitrogens with zero attached hydrogens (tertiary/aromatic N) is 1. The number of benzene rings is 2. The third-order valence-corrected chi connectivity index (χ3v) is 8.32. The molecule has 0 aliphatic carbocycles. The minimum atomic E-state index is -3.85. The lowest BCUT2D eigenvalue weighted by Crippen LogP contribution is -2.43.